The molecule has 0 fully saturated rings. The molecular formula is C18H17BrN2O2. The zero-order valence-electron chi connectivity index (χ0n) is 12.8. The molecule has 5 heteroatoms. The summed E-state index contributed by atoms with van der Waals surface area (Å²) in [6.45, 7) is 1.84. The number of amides is 1. The van der Waals surface area contributed by atoms with Gasteiger partial charge in [0.2, 0.25) is 0 Å². The molecule has 2 N–H and O–H groups in total. The van der Waals surface area contributed by atoms with Gasteiger partial charge in [0, 0.05) is 21.1 Å². The van der Waals surface area contributed by atoms with E-state index >= 15 is 0 Å². The van der Waals surface area contributed by atoms with E-state index in [9.17, 15) is 4.79 Å². The molecule has 0 bridgehead atoms. The molecule has 118 valence electrons. The number of carbonyl (C=O) groups is 1. The van der Waals surface area contributed by atoms with Crippen molar-refractivity contribution >= 4 is 32.7 Å². The number of hydrogen-bond acceptors (Lipinski definition) is 2. The van der Waals surface area contributed by atoms with Gasteiger partial charge >= 0.3 is 0 Å². The Bertz CT molecular complexity index is 894. The molecule has 0 aliphatic heterocycles. The molecule has 4 rings (SSSR count). The maximum Gasteiger partial charge on any atom is 0.287 e. The van der Waals surface area contributed by atoms with Crippen molar-refractivity contribution in [3.63, 3.8) is 0 Å². The predicted molar refractivity (Wildman–Crippen MR) is 92.6 cm³/mol. The Morgan fingerprint density at radius 2 is 2.22 bits per heavy atom. The van der Waals surface area contributed by atoms with E-state index < -0.39 is 0 Å². The van der Waals surface area contributed by atoms with Gasteiger partial charge in [-0.1, -0.05) is 15.9 Å². The Labute approximate surface area is 142 Å². The molecule has 2 heterocycles. The van der Waals surface area contributed by atoms with Gasteiger partial charge in [-0.05, 0) is 62.1 Å². The highest BCUT2D eigenvalue weighted by Crippen LogP contribution is 2.35. The molecule has 1 aromatic carbocycles. The Kier molecular flexibility index (Phi) is 3.53. The van der Waals surface area contributed by atoms with Crippen molar-refractivity contribution in [1.82, 2.24) is 10.3 Å². The summed E-state index contributed by atoms with van der Waals surface area (Å²) in [6, 6.07) is 9.78. The van der Waals surface area contributed by atoms with Crippen LogP contribution in [0.5, 0.6) is 0 Å². The first-order chi connectivity index (χ1) is 11.1. The molecule has 2 aromatic heterocycles. The monoisotopic (exact) mass is 372 g/mol. The number of furan rings is 1. The molecule has 1 aliphatic carbocycles. The topological polar surface area (TPSA) is 58.0 Å². The van der Waals surface area contributed by atoms with E-state index in [1.54, 1.807) is 6.07 Å². The molecular weight excluding hydrogens is 356 g/mol. The van der Waals surface area contributed by atoms with Crippen LogP contribution >= 0.6 is 15.9 Å². The maximum atomic E-state index is 12.4. The van der Waals surface area contributed by atoms with Crippen LogP contribution in [0, 0.1) is 6.92 Å². The standard InChI is InChI=1S/C18H17BrN2O2/c1-10-5-8-16(23-10)18(22)21-15-4-2-3-12-13-9-11(19)6-7-14(13)20-17(12)15/h5-9,15,20H,2-4H2,1H3,(H,21,22). The summed E-state index contributed by atoms with van der Waals surface area (Å²) in [5.74, 6) is 0.958. The fraction of sp³-hybridized carbons (Fsp3) is 0.278. The minimum Gasteiger partial charge on any atom is -0.456 e. The van der Waals surface area contributed by atoms with Crippen LogP contribution in [0.25, 0.3) is 10.9 Å². The van der Waals surface area contributed by atoms with Gasteiger partial charge in [0.15, 0.2) is 5.76 Å². The minimum absolute atomic E-state index is 0.00262. The number of aryl methyl sites for hydroxylation is 2. The van der Waals surface area contributed by atoms with Crippen molar-refractivity contribution in [1.29, 1.82) is 0 Å². The van der Waals surface area contributed by atoms with Gasteiger partial charge in [0.1, 0.15) is 5.76 Å². The summed E-state index contributed by atoms with van der Waals surface area (Å²) in [6.07, 6.45) is 3.04. The minimum atomic E-state index is -0.157. The Hall–Kier alpha value is -2.01. The largest absolute Gasteiger partial charge is 0.456 e. The summed E-state index contributed by atoms with van der Waals surface area (Å²) in [7, 11) is 0. The lowest BCUT2D eigenvalue weighted by Crippen LogP contribution is -2.30. The van der Waals surface area contributed by atoms with Crippen LogP contribution in [0.15, 0.2) is 39.2 Å². The number of aromatic nitrogens is 1. The van der Waals surface area contributed by atoms with E-state index in [0.717, 1.165) is 40.7 Å². The molecule has 4 nitrogen and oxygen atoms in total. The molecule has 0 saturated carbocycles. The summed E-state index contributed by atoms with van der Waals surface area (Å²) < 4.78 is 6.49. The van der Waals surface area contributed by atoms with Crippen molar-refractivity contribution in [3.05, 3.63) is 57.6 Å². The van der Waals surface area contributed by atoms with E-state index in [-0.39, 0.29) is 11.9 Å². The Morgan fingerprint density at radius 3 is 3.00 bits per heavy atom. The quantitative estimate of drug-likeness (QED) is 0.688. The number of hydrogen-bond donors (Lipinski definition) is 2. The van der Waals surface area contributed by atoms with E-state index in [0.29, 0.717) is 5.76 Å². The van der Waals surface area contributed by atoms with Gasteiger partial charge in [-0.15, -0.1) is 0 Å². The van der Waals surface area contributed by atoms with Crippen molar-refractivity contribution in [2.75, 3.05) is 0 Å². The maximum absolute atomic E-state index is 12.4. The van der Waals surface area contributed by atoms with E-state index in [4.69, 9.17) is 4.42 Å². The van der Waals surface area contributed by atoms with Crippen LogP contribution in [-0.2, 0) is 6.42 Å². The van der Waals surface area contributed by atoms with Crippen LogP contribution < -0.4 is 5.32 Å². The van der Waals surface area contributed by atoms with Crippen molar-refractivity contribution in [3.8, 4) is 0 Å². The van der Waals surface area contributed by atoms with Crippen LogP contribution in [0.3, 0.4) is 0 Å². The summed E-state index contributed by atoms with van der Waals surface area (Å²) in [5, 5.41) is 4.34. The van der Waals surface area contributed by atoms with Crippen LogP contribution in [0.2, 0.25) is 0 Å². The lowest BCUT2D eigenvalue weighted by molar-refractivity contribution is 0.0902. The summed E-state index contributed by atoms with van der Waals surface area (Å²) in [4.78, 5) is 15.9. The van der Waals surface area contributed by atoms with Crippen LogP contribution in [0.4, 0.5) is 0 Å². The second-order valence-corrected chi connectivity index (χ2v) is 6.95. The summed E-state index contributed by atoms with van der Waals surface area (Å²) >= 11 is 3.54. The third kappa shape index (κ3) is 2.59. The third-order valence-corrected chi connectivity index (χ3v) is 4.93. The Morgan fingerprint density at radius 1 is 1.35 bits per heavy atom. The second kappa shape index (κ2) is 5.57. The normalized spacial score (nSPS) is 17.2. The highest BCUT2D eigenvalue weighted by atomic mass is 79.9. The molecule has 1 aliphatic rings. The number of nitrogens with one attached hydrogen (secondary N) is 2. The predicted octanol–water partition coefficient (Wildman–Crippen LogP) is 4.64. The first kappa shape index (κ1) is 14.6. The molecule has 1 atom stereocenters. The Balaban J connectivity index is 1.67. The van der Waals surface area contributed by atoms with Gasteiger partial charge < -0.3 is 14.7 Å². The number of rotatable bonds is 2. The molecule has 3 aromatic rings. The number of carbonyl (C=O) groups excluding carboxylic acids is 1. The third-order valence-electron chi connectivity index (χ3n) is 4.44. The van der Waals surface area contributed by atoms with Gasteiger partial charge in [0.05, 0.1) is 6.04 Å². The first-order valence-electron chi connectivity index (χ1n) is 7.79. The van der Waals surface area contributed by atoms with Crippen LogP contribution in [-0.4, -0.2) is 10.9 Å². The lowest BCUT2D eigenvalue weighted by Gasteiger charge is -2.23. The molecule has 0 spiro atoms. The van der Waals surface area contributed by atoms with E-state index in [1.807, 2.05) is 19.1 Å². The SMILES string of the molecule is Cc1ccc(C(=O)NC2CCCc3c2[nH]c2ccc(Br)cc32)o1. The summed E-state index contributed by atoms with van der Waals surface area (Å²) in [5.41, 5.74) is 3.56. The first-order valence-corrected chi connectivity index (χ1v) is 8.58. The molecule has 23 heavy (non-hydrogen) atoms. The molecule has 0 radical (unpaired) electrons. The second-order valence-electron chi connectivity index (χ2n) is 6.04. The number of halogens is 1. The lowest BCUT2D eigenvalue weighted by atomic mass is 9.91. The van der Waals surface area contributed by atoms with Gasteiger partial charge in [-0.2, -0.15) is 0 Å². The molecule has 1 unspecified atom stereocenters. The van der Waals surface area contributed by atoms with Gasteiger partial charge in [-0.25, -0.2) is 0 Å². The average molecular weight is 373 g/mol. The van der Waals surface area contributed by atoms with E-state index in [1.165, 1.54) is 10.9 Å². The number of aromatic amines is 1. The fourth-order valence-electron chi connectivity index (χ4n) is 3.37. The smallest absolute Gasteiger partial charge is 0.287 e. The van der Waals surface area contributed by atoms with Crippen molar-refractivity contribution in [2.24, 2.45) is 0 Å². The van der Waals surface area contributed by atoms with Crippen molar-refractivity contribution < 1.29 is 9.21 Å². The van der Waals surface area contributed by atoms with Gasteiger partial charge in [0.25, 0.3) is 5.91 Å². The molecule has 1 amide bonds. The fourth-order valence-corrected chi connectivity index (χ4v) is 3.73. The number of fused-ring (bicyclic) bond motifs is 3. The van der Waals surface area contributed by atoms with Crippen LogP contribution in [0.1, 0.15) is 46.5 Å². The molecule has 0 saturated heterocycles. The van der Waals surface area contributed by atoms with Crippen molar-refractivity contribution in [2.45, 2.75) is 32.2 Å². The van der Waals surface area contributed by atoms with Gasteiger partial charge in [-0.3, -0.25) is 4.79 Å². The number of benzene rings is 1. The average Bonchev–Trinajstić information content (AvgIpc) is 3.12. The zero-order valence-corrected chi connectivity index (χ0v) is 14.4. The highest BCUT2D eigenvalue weighted by molar-refractivity contribution is 9.10. The number of H-pyrrole nitrogens is 1. The zero-order chi connectivity index (χ0) is 16.0. The highest BCUT2D eigenvalue weighted by Gasteiger charge is 2.26. The van der Waals surface area contributed by atoms with E-state index in [2.05, 4.69) is 38.4 Å².